The van der Waals surface area contributed by atoms with Gasteiger partial charge in [-0.1, -0.05) is 6.07 Å². The molecule has 0 saturated heterocycles. The van der Waals surface area contributed by atoms with E-state index in [0.717, 1.165) is 6.42 Å². The number of nitrogens with one attached hydrogen (secondary N) is 1. The number of nitrogens with zero attached hydrogens (tertiary/aromatic N) is 1. The molecule has 0 radical (unpaired) electrons. The van der Waals surface area contributed by atoms with Crippen molar-refractivity contribution in [3.63, 3.8) is 0 Å². The van der Waals surface area contributed by atoms with Gasteiger partial charge in [-0.2, -0.15) is 0 Å². The molecule has 17 heavy (non-hydrogen) atoms. The number of hydrogen-bond acceptors (Lipinski definition) is 2. The molecule has 0 aromatic heterocycles. The van der Waals surface area contributed by atoms with Crippen molar-refractivity contribution in [2.75, 3.05) is 25.0 Å². The van der Waals surface area contributed by atoms with Crippen molar-refractivity contribution in [2.24, 2.45) is 5.73 Å². The average Bonchev–Trinajstić information content (AvgIpc) is 2.30. The van der Waals surface area contributed by atoms with Gasteiger partial charge in [0.05, 0.1) is 0 Å². The number of carbonyl (C=O) groups excluding carboxylic acids is 1. The van der Waals surface area contributed by atoms with Crippen molar-refractivity contribution in [3.05, 3.63) is 30.1 Å². The van der Waals surface area contributed by atoms with Gasteiger partial charge in [0.2, 0.25) is 0 Å². The molecule has 0 fully saturated rings. The summed E-state index contributed by atoms with van der Waals surface area (Å²) in [5.41, 5.74) is 5.86. The van der Waals surface area contributed by atoms with E-state index in [2.05, 4.69) is 5.32 Å². The van der Waals surface area contributed by atoms with Crippen LogP contribution in [0.5, 0.6) is 0 Å². The maximum atomic E-state index is 12.9. The number of amides is 2. The van der Waals surface area contributed by atoms with Gasteiger partial charge in [0.15, 0.2) is 0 Å². The highest BCUT2D eigenvalue weighted by Crippen LogP contribution is 2.10. The van der Waals surface area contributed by atoms with Gasteiger partial charge < -0.3 is 16.0 Å². The topological polar surface area (TPSA) is 58.4 Å². The summed E-state index contributed by atoms with van der Waals surface area (Å²) >= 11 is 0. The number of benzene rings is 1. The molecule has 5 heteroatoms. The van der Waals surface area contributed by atoms with Gasteiger partial charge in [0, 0.05) is 18.8 Å². The molecular formula is C12H18FN3O. The molecule has 4 nitrogen and oxygen atoms in total. The van der Waals surface area contributed by atoms with Gasteiger partial charge in [0.25, 0.3) is 0 Å². The predicted molar refractivity (Wildman–Crippen MR) is 66.3 cm³/mol. The molecule has 0 bridgehead atoms. The number of nitrogens with two attached hydrogens (primary N) is 1. The normalized spacial score (nSPS) is 10.1. The number of anilines is 1. The van der Waals surface area contributed by atoms with Gasteiger partial charge in [0.1, 0.15) is 5.82 Å². The summed E-state index contributed by atoms with van der Waals surface area (Å²) in [5.74, 6) is -0.368. The molecule has 2 amide bonds. The molecule has 0 heterocycles. The summed E-state index contributed by atoms with van der Waals surface area (Å²) in [5, 5.41) is 2.65. The Kier molecular flexibility index (Phi) is 5.42. The van der Waals surface area contributed by atoms with Crippen LogP contribution in [-0.4, -0.2) is 30.6 Å². The van der Waals surface area contributed by atoms with E-state index in [1.807, 2.05) is 6.92 Å². The first-order chi connectivity index (χ1) is 8.17. The molecule has 1 aromatic carbocycles. The van der Waals surface area contributed by atoms with Crippen LogP contribution in [0.4, 0.5) is 14.9 Å². The lowest BCUT2D eigenvalue weighted by atomic mass is 10.3. The molecule has 0 spiro atoms. The van der Waals surface area contributed by atoms with Gasteiger partial charge in [-0.25, -0.2) is 9.18 Å². The van der Waals surface area contributed by atoms with E-state index in [1.165, 1.54) is 12.1 Å². The van der Waals surface area contributed by atoms with Crippen LogP contribution < -0.4 is 11.1 Å². The van der Waals surface area contributed by atoms with E-state index >= 15 is 0 Å². The largest absolute Gasteiger partial charge is 0.330 e. The van der Waals surface area contributed by atoms with E-state index in [-0.39, 0.29) is 11.8 Å². The van der Waals surface area contributed by atoms with Gasteiger partial charge >= 0.3 is 6.03 Å². The molecule has 0 atom stereocenters. The molecule has 0 aliphatic carbocycles. The lowest BCUT2D eigenvalue weighted by Crippen LogP contribution is -2.36. The monoisotopic (exact) mass is 239 g/mol. The fourth-order valence-corrected chi connectivity index (χ4v) is 1.45. The molecule has 0 saturated carbocycles. The number of carbonyl (C=O) groups is 1. The van der Waals surface area contributed by atoms with E-state index in [0.29, 0.717) is 25.3 Å². The zero-order chi connectivity index (χ0) is 12.7. The first kappa shape index (κ1) is 13.4. The number of halogens is 1. The van der Waals surface area contributed by atoms with Crippen LogP contribution in [0, 0.1) is 5.82 Å². The predicted octanol–water partition coefficient (Wildman–Crippen LogP) is 2.03. The second-order valence-electron chi connectivity index (χ2n) is 3.66. The molecule has 0 aliphatic rings. The van der Waals surface area contributed by atoms with Crippen LogP contribution in [-0.2, 0) is 0 Å². The Bertz CT molecular complexity index is 371. The van der Waals surface area contributed by atoms with Crippen molar-refractivity contribution in [2.45, 2.75) is 13.3 Å². The van der Waals surface area contributed by atoms with Crippen LogP contribution in [0.3, 0.4) is 0 Å². The second kappa shape index (κ2) is 6.85. The fourth-order valence-electron chi connectivity index (χ4n) is 1.45. The average molecular weight is 239 g/mol. The maximum absolute atomic E-state index is 12.9. The Morgan fingerprint density at radius 1 is 1.53 bits per heavy atom. The molecule has 0 aliphatic heterocycles. The zero-order valence-electron chi connectivity index (χ0n) is 9.95. The van der Waals surface area contributed by atoms with Crippen LogP contribution in [0.1, 0.15) is 13.3 Å². The van der Waals surface area contributed by atoms with E-state index in [9.17, 15) is 9.18 Å². The van der Waals surface area contributed by atoms with Crippen LogP contribution in [0.25, 0.3) is 0 Å². The summed E-state index contributed by atoms with van der Waals surface area (Å²) in [6.07, 6.45) is 0.754. The van der Waals surface area contributed by atoms with E-state index in [4.69, 9.17) is 5.73 Å². The first-order valence-electron chi connectivity index (χ1n) is 5.69. The second-order valence-corrected chi connectivity index (χ2v) is 3.66. The van der Waals surface area contributed by atoms with Gasteiger partial charge in [-0.05, 0) is 38.1 Å². The summed E-state index contributed by atoms with van der Waals surface area (Å²) in [4.78, 5) is 13.4. The Morgan fingerprint density at radius 3 is 2.88 bits per heavy atom. The minimum Gasteiger partial charge on any atom is -0.330 e. The third-order valence-electron chi connectivity index (χ3n) is 2.38. The standard InChI is InChI=1S/C12H18FN3O/c1-2-16(8-4-7-14)12(17)15-11-6-3-5-10(13)9-11/h3,5-6,9H,2,4,7-8,14H2,1H3,(H,15,17). The fraction of sp³-hybridized carbons (Fsp3) is 0.417. The number of rotatable bonds is 5. The molecular weight excluding hydrogens is 221 g/mol. The summed E-state index contributed by atoms with van der Waals surface area (Å²) < 4.78 is 12.9. The zero-order valence-corrected chi connectivity index (χ0v) is 9.95. The van der Waals surface area contributed by atoms with E-state index in [1.54, 1.807) is 17.0 Å². The van der Waals surface area contributed by atoms with Crippen molar-refractivity contribution >= 4 is 11.7 Å². The van der Waals surface area contributed by atoms with E-state index < -0.39 is 0 Å². The first-order valence-corrected chi connectivity index (χ1v) is 5.69. The van der Waals surface area contributed by atoms with Crippen molar-refractivity contribution in [1.29, 1.82) is 0 Å². The lowest BCUT2D eigenvalue weighted by Gasteiger charge is -2.21. The third kappa shape index (κ3) is 4.40. The lowest BCUT2D eigenvalue weighted by molar-refractivity contribution is 0.214. The maximum Gasteiger partial charge on any atom is 0.321 e. The van der Waals surface area contributed by atoms with Crippen molar-refractivity contribution < 1.29 is 9.18 Å². The summed E-state index contributed by atoms with van der Waals surface area (Å²) in [6, 6.07) is 5.60. The highest BCUT2D eigenvalue weighted by Gasteiger charge is 2.10. The number of hydrogen-bond donors (Lipinski definition) is 2. The van der Waals surface area contributed by atoms with Crippen molar-refractivity contribution in [3.8, 4) is 0 Å². The molecule has 1 rings (SSSR count). The SMILES string of the molecule is CCN(CCCN)C(=O)Nc1cccc(F)c1. The third-order valence-corrected chi connectivity index (χ3v) is 2.38. The molecule has 0 unspecified atom stereocenters. The minimum absolute atomic E-state index is 0.230. The smallest absolute Gasteiger partial charge is 0.321 e. The Morgan fingerprint density at radius 2 is 2.29 bits per heavy atom. The van der Waals surface area contributed by atoms with Gasteiger partial charge in [-0.3, -0.25) is 0 Å². The van der Waals surface area contributed by atoms with Crippen LogP contribution in [0.2, 0.25) is 0 Å². The minimum atomic E-state index is -0.368. The Balaban J connectivity index is 2.57. The Labute approximate surface area is 101 Å². The highest BCUT2D eigenvalue weighted by atomic mass is 19.1. The quantitative estimate of drug-likeness (QED) is 0.826. The van der Waals surface area contributed by atoms with Crippen LogP contribution in [0.15, 0.2) is 24.3 Å². The molecule has 94 valence electrons. The molecule has 1 aromatic rings. The van der Waals surface area contributed by atoms with Crippen molar-refractivity contribution in [1.82, 2.24) is 4.90 Å². The van der Waals surface area contributed by atoms with Crippen LogP contribution >= 0.6 is 0 Å². The Hall–Kier alpha value is -1.62. The highest BCUT2D eigenvalue weighted by molar-refractivity contribution is 5.89. The molecule has 3 N–H and O–H groups in total. The number of urea groups is 1. The summed E-state index contributed by atoms with van der Waals surface area (Å²) in [7, 11) is 0. The van der Waals surface area contributed by atoms with Gasteiger partial charge in [-0.15, -0.1) is 0 Å². The summed E-state index contributed by atoms with van der Waals surface area (Å²) in [6.45, 7) is 3.64.